The van der Waals surface area contributed by atoms with E-state index < -0.39 is 5.60 Å². The van der Waals surface area contributed by atoms with Crippen LogP contribution in [0.2, 0.25) is 0 Å². The first kappa shape index (κ1) is 15.0. The van der Waals surface area contributed by atoms with E-state index in [0.717, 1.165) is 25.7 Å². The molecule has 0 aromatic carbocycles. The lowest BCUT2D eigenvalue weighted by Gasteiger charge is -2.40. The maximum absolute atomic E-state index is 11.8. The van der Waals surface area contributed by atoms with Crippen LogP contribution in [0.3, 0.4) is 0 Å². The smallest absolute Gasteiger partial charge is 0.221 e. The van der Waals surface area contributed by atoms with Gasteiger partial charge in [0, 0.05) is 31.9 Å². The minimum absolute atomic E-state index is 0.0289. The molecule has 1 heterocycles. The first-order valence-corrected chi connectivity index (χ1v) is 7.35. The summed E-state index contributed by atoms with van der Waals surface area (Å²) >= 11 is 0. The number of rotatable bonds is 5. The molecule has 1 fully saturated rings. The average molecular weight is 279 g/mol. The molecule has 0 unspecified atom stereocenters. The van der Waals surface area contributed by atoms with Crippen LogP contribution in [0.15, 0.2) is 18.5 Å². The molecule has 1 amide bonds. The highest BCUT2D eigenvalue weighted by molar-refractivity contribution is 5.75. The lowest BCUT2D eigenvalue weighted by molar-refractivity contribution is -0.123. The molecular formula is C15H25N3O2. The number of nitrogens with one attached hydrogen (secondary N) is 1. The van der Waals surface area contributed by atoms with Crippen molar-refractivity contribution in [3.8, 4) is 0 Å². The van der Waals surface area contributed by atoms with Crippen LogP contribution in [0.25, 0.3) is 0 Å². The highest BCUT2D eigenvalue weighted by Crippen LogP contribution is 2.39. The molecule has 0 bridgehead atoms. The minimum Gasteiger partial charge on any atom is -0.388 e. The number of hydrogen-bond donors (Lipinski definition) is 2. The second kappa shape index (κ2) is 5.95. The van der Waals surface area contributed by atoms with Crippen LogP contribution < -0.4 is 5.32 Å². The Morgan fingerprint density at radius 2 is 2.05 bits per heavy atom. The summed E-state index contributed by atoms with van der Waals surface area (Å²) in [6.07, 6.45) is 7.47. The summed E-state index contributed by atoms with van der Waals surface area (Å²) in [7, 11) is 0. The van der Waals surface area contributed by atoms with Crippen molar-refractivity contribution in [1.82, 2.24) is 15.1 Å². The molecular weight excluding hydrogens is 254 g/mol. The summed E-state index contributed by atoms with van der Waals surface area (Å²) in [4.78, 5) is 11.8. The Morgan fingerprint density at radius 3 is 2.65 bits per heavy atom. The number of hydrogen-bond acceptors (Lipinski definition) is 3. The normalized spacial score (nSPS) is 20.6. The first-order chi connectivity index (χ1) is 9.39. The van der Waals surface area contributed by atoms with Crippen molar-refractivity contribution in [3.05, 3.63) is 18.5 Å². The van der Waals surface area contributed by atoms with E-state index in [-0.39, 0.29) is 5.91 Å². The molecule has 0 saturated heterocycles. The van der Waals surface area contributed by atoms with E-state index >= 15 is 0 Å². The van der Waals surface area contributed by atoms with Crippen molar-refractivity contribution in [2.75, 3.05) is 6.54 Å². The number of aromatic nitrogens is 2. The zero-order valence-corrected chi connectivity index (χ0v) is 12.4. The van der Waals surface area contributed by atoms with Gasteiger partial charge in [0.05, 0.1) is 5.60 Å². The molecule has 1 aromatic heterocycles. The van der Waals surface area contributed by atoms with Gasteiger partial charge in [-0.3, -0.25) is 9.48 Å². The Morgan fingerprint density at radius 1 is 1.35 bits per heavy atom. The van der Waals surface area contributed by atoms with Crippen LogP contribution in [-0.4, -0.2) is 32.9 Å². The van der Waals surface area contributed by atoms with Gasteiger partial charge in [-0.15, -0.1) is 0 Å². The highest BCUT2D eigenvalue weighted by Gasteiger charge is 2.36. The predicted octanol–water partition coefficient (Wildman–Crippen LogP) is 1.72. The largest absolute Gasteiger partial charge is 0.388 e. The van der Waals surface area contributed by atoms with E-state index in [1.807, 2.05) is 12.3 Å². The number of aliphatic hydroxyl groups is 1. The van der Waals surface area contributed by atoms with Gasteiger partial charge in [0.2, 0.25) is 5.91 Å². The quantitative estimate of drug-likeness (QED) is 0.862. The van der Waals surface area contributed by atoms with E-state index in [4.69, 9.17) is 0 Å². The van der Waals surface area contributed by atoms with Crippen molar-refractivity contribution in [3.63, 3.8) is 0 Å². The lowest BCUT2D eigenvalue weighted by atomic mass is 9.71. The maximum atomic E-state index is 11.8. The molecule has 112 valence electrons. The number of nitrogens with zero attached hydrogens (tertiary/aromatic N) is 2. The van der Waals surface area contributed by atoms with E-state index in [1.54, 1.807) is 10.9 Å². The topological polar surface area (TPSA) is 67.2 Å². The molecule has 0 radical (unpaired) electrons. The zero-order chi connectivity index (χ0) is 14.6. The molecule has 20 heavy (non-hydrogen) atoms. The fourth-order valence-electron chi connectivity index (χ4n) is 2.57. The Kier molecular flexibility index (Phi) is 4.48. The van der Waals surface area contributed by atoms with E-state index in [2.05, 4.69) is 24.3 Å². The minimum atomic E-state index is -0.725. The molecule has 2 N–H and O–H groups in total. The van der Waals surface area contributed by atoms with Gasteiger partial charge in [-0.05, 0) is 37.2 Å². The third-order valence-electron chi connectivity index (χ3n) is 4.28. The van der Waals surface area contributed by atoms with Crippen molar-refractivity contribution < 1.29 is 9.90 Å². The summed E-state index contributed by atoms with van der Waals surface area (Å²) in [5.74, 6) is -0.0289. The molecule has 5 heteroatoms. The molecule has 0 spiro atoms. The van der Waals surface area contributed by atoms with Crippen LogP contribution >= 0.6 is 0 Å². The van der Waals surface area contributed by atoms with Gasteiger partial charge < -0.3 is 10.4 Å². The molecule has 2 rings (SSSR count). The number of carbonyl (C=O) groups is 1. The fraction of sp³-hybridized carbons (Fsp3) is 0.733. The maximum Gasteiger partial charge on any atom is 0.221 e. The second-order valence-electron chi connectivity index (χ2n) is 6.68. The highest BCUT2D eigenvalue weighted by atomic mass is 16.3. The van der Waals surface area contributed by atoms with Crippen LogP contribution in [-0.2, 0) is 11.3 Å². The monoisotopic (exact) mass is 279 g/mol. The molecule has 1 saturated carbocycles. The zero-order valence-electron chi connectivity index (χ0n) is 12.4. The van der Waals surface area contributed by atoms with Crippen LogP contribution in [0.1, 0.15) is 46.0 Å². The fourth-order valence-corrected chi connectivity index (χ4v) is 2.57. The first-order valence-electron chi connectivity index (χ1n) is 7.35. The average Bonchev–Trinajstić information content (AvgIpc) is 2.92. The van der Waals surface area contributed by atoms with Gasteiger partial charge in [0.15, 0.2) is 0 Å². The van der Waals surface area contributed by atoms with Crippen molar-refractivity contribution >= 4 is 5.91 Å². The van der Waals surface area contributed by atoms with Crippen molar-refractivity contribution in [1.29, 1.82) is 0 Å². The summed E-state index contributed by atoms with van der Waals surface area (Å²) < 4.78 is 1.73. The van der Waals surface area contributed by atoms with Crippen LogP contribution in [0.5, 0.6) is 0 Å². The third-order valence-corrected chi connectivity index (χ3v) is 4.28. The summed E-state index contributed by atoms with van der Waals surface area (Å²) in [5.41, 5.74) is -0.410. The summed E-state index contributed by atoms with van der Waals surface area (Å²) in [6.45, 7) is 5.40. The molecule has 0 aliphatic heterocycles. The van der Waals surface area contributed by atoms with E-state index in [9.17, 15) is 9.90 Å². The Bertz CT molecular complexity index is 430. The molecule has 0 atom stereocenters. The molecule has 1 aliphatic rings. The summed E-state index contributed by atoms with van der Waals surface area (Å²) in [6, 6.07) is 1.84. The summed E-state index contributed by atoms with van der Waals surface area (Å²) in [5, 5.41) is 17.4. The molecule has 1 aromatic rings. The van der Waals surface area contributed by atoms with Gasteiger partial charge in [-0.1, -0.05) is 13.8 Å². The molecule has 5 nitrogen and oxygen atoms in total. The Labute approximate surface area is 120 Å². The SMILES string of the molecule is CC1(C)CCC(O)(CNC(=O)CCn2cccn2)CC1. The van der Waals surface area contributed by atoms with Gasteiger partial charge in [-0.25, -0.2) is 0 Å². The lowest BCUT2D eigenvalue weighted by Crippen LogP contribution is -2.46. The van der Waals surface area contributed by atoms with Crippen molar-refractivity contribution in [2.45, 2.75) is 58.1 Å². The Balaban J connectivity index is 1.70. The molecule has 1 aliphatic carbocycles. The van der Waals surface area contributed by atoms with Crippen LogP contribution in [0.4, 0.5) is 0 Å². The number of aryl methyl sites for hydroxylation is 1. The standard InChI is InChI=1S/C15H25N3O2/c1-14(2)5-7-15(20,8-6-14)12-16-13(19)4-11-18-10-3-9-17-18/h3,9-10,20H,4-8,11-12H2,1-2H3,(H,16,19). The Hall–Kier alpha value is -1.36. The van der Waals surface area contributed by atoms with Gasteiger partial charge >= 0.3 is 0 Å². The van der Waals surface area contributed by atoms with E-state index in [0.29, 0.717) is 24.9 Å². The van der Waals surface area contributed by atoms with Crippen molar-refractivity contribution in [2.24, 2.45) is 5.41 Å². The van der Waals surface area contributed by atoms with E-state index in [1.165, 1.54) is 0 Å². The van der Waals surface area contributed by atoms with Gasteiger partial charge in [0.25, 0.3) is 0 Å². The van der Waals surface area contributed by atoms with Gasteiger partial charge in [0.1, 0.15) is 0 Å². The number of amides is 1. The van der Waals surface area contributed by atoms with Gasteiger partial charge in [-0.2, -0.15) is 5.10 Å². The second-order valence-corrected chi connectivity index (χ2v) is 6.68. The van der Waals surface area contributed by atoms with Crippen LogP contribution in [0, 0.1) is 5.41 Å². The number of carbonyl (C=O) groups excluding carboxylic acids is 1. The third kappa shape index (κ3) is 4.34. The predicted molar refractivity (Wildman–Crippen MR) is 77.1 cm³/mol.